The van der Waals surface area contributed by atoms with Gasteiger partial charge in [-0.1, -0.05) is 54.8 Å². The molecule has 1 unspecified atom stereocenters. The molecule has 0 amide bonds. The van der Waals surface area contributed by atoms with Crippen LogP contribution in [0.1, 0.15) is 71.6 Å². The Labute approximate surface area is 162 Å². The molecule has 4 rings (SSSR count). The van der Waals surface area contributed by atoms with Gasteiger partial charge in [0.2, 0.25) is 0 Å². The lowest BCUT2D eigenvalue weighted by Crippen LogP contribution is -2.61. The van der Waals surface area contributed by atoms with Gasteiger partial charge in [0.25, 0.3) is 0 Å². The van der Waals surface area contributed by atoms with Crippen molar-refractivity contribution in [2.75, 3.05) is 11.9 Å². The minimum Gasteiger partial charge on any atom is -0.352 e. The summed E-state index contributed by atoms with van der Waals surface area (Å²) in [6.07, 6.45) is 11.9. The Hall–Kier alpha value is 0.140. The van der Waals surface area contributed by atoms with Crippen molar-refractivity contribution >= 4 is 15.9 Å². The molecule has 0 bridgehead atoms. The van der Waals surface area contributed by atoms with Crippen molar-refractivity contribution < 1.29 is 9.47 Å². The predicted molar refractivity (Wildman–Crippen MR) is 106 cm³/mol. The number of ether oxygens (including phenoxy) is 2. The Morgan fingerprint density at radius 1 is 1.12 bits per heavy atom. The monoisotopic (exact) mass is 410 g/mol. The molecule has 3 saturated carbocycles. The van der Waals surface area contributed by atoms with E-state index in [1.807, 2.05) is 0 Å². The van der Waals surface area contributed by atoms with E-state index in [0.29, 0.717) is 29.3 Å². The normalized spacial score (nSPS) is 48.2. The summed E-state index contributed by atoms with van der Waals surface area (Å²) in [5.41, 5.74) is 2.02. The van der Waals surface area contributed by atoms with Crippen molar-refractivity contribution in [3.8, 4) is 0 Å². The van der Waals surface area contributed by atoms with Gasteiger partial charge < -0.3 is 9.47 Å². The number of halogens is 1. The number of fused-ring (bicyclic) bond motifs is 3. The van der Waals surface area contributed by atoms with E-state index in [4.69, 9.17) is 9.47 Å². The van der Waals surface area contributed by atoms with Crippen LogP contribution in [0.5, 0.6) is 0 Å². The van der Waals surface area contributed by atoms with Crippen LogP contribution >= 0.6 is 15.9 Å². The molecule has 25 heavy (non-hydrogen) atoms. The topological polar surface area (TPSA) is 18.5 Å². The summed E-state index contributed by atoms with van der Waals surface area (Å²) >= 11 is 3.69. The molecule has 0 radical (unpaired) electrons. The fourth-order valence-electron chi connectivity index (χ4n) is 6.97. The summed E-state index contributed by atoms with van der Waals surface area (Å²) in [4.78, 5) is 0. The molecule has 0 aromatic rings. The zero-order valence-corrected chi connectivity index (χ0v) is 17.7. The van der Waals surface area contributed by atoms with E-state index in [-0.39, 0.29) is 11.7 Å². The van der Waals surface area contributed by atoms with Crippen LogP contribution in [0.2, 0.25) is 0 Å². The summed E-state index contributed by atoms with van der Waals surface area (Å²) < 4.78 is 13.0. The molecule has 0 spiro atoms. The summed E-state index contributed by atoms with van der Waals surface area (Å²) in [6.45, 7) is 10.4. The van der Waals surface area contributed by atoms with Gasteiger partial charge in [-0.15, -0.1) is 0 Å². The standard InChI is InChI=1S/C22H35BrO2/c1-15-8-9-18-21(2,17(15)11-13-23)12-10-19-22(18,3)14-24-20(25-19)16-6-4-5-7-16/h16-20H,1,4-14H2,2-3H3/t17-,18?,19-,20-,21+,22+/m1/s1. The van der Waals surface area contributed by atoms with Gasteiger partial charge in [-0.2, -0.15) is 0 Å². The molecule has 6 atom stereocenters. The van der Waals surface area contributed by atoms with Crippen molar-refractivity contribution in [3.05, 3.63) is 12.2 Å². The van der Waals surface area contributed by atoms with Crippen LogP contribution in [0.15, 0.2) is 12.2 Å². The fraction of sp³-hybridized carbons (Fsp3) is 0.909. The first-order valence-electron chi connectivity index (χ1n) is 10.5. The lowest BCUT2D eigenvalue weighted by Gasteiger charge is -2.63. The molecule has 0 aromatic carbocycles. The maximum atomic E-state index is 6.64. The van der Waals surface area contributed by atoms with Gasteiger partial charge in [-0.25, -0.2) is 0 Å². The van der Waals surface area contributed by atoms with Gasteiger partial charge in [0, 0.05) is 16.7 Å². The second-order valence-corrected chi connectivity index (χ2v) is 10.5. The number of hydrogen-bond donors (Lipinski definition) is 0. The molecule has 1 aliphatic heterocycles. The number of alkyl halides is 1. The number of hydrogen-bond acceptors (Lipinski definition) is 2. The van der Waals surface area contributed by atoms with E-state index >= 15 is 0 Å². The third kappa shape index (κ3) is 2.97. The first kappa shape index (κ1) is 18.5. The lowest BCUT2D eigenvalue weighted by molar-refractivity contribution is -0.316. The van der Waals surface area contributed by atoms with Gasteiger partial charge in [-0.3, -0.25) is 0 Å². The van der Waals surface area contributed by atoms with Crippen molar-refractivity contribution in [1.29, 1.82) is 0 Å². The number of rotatable bonds is 3. The van der Waals surface area contributed by atoms with Crippen molar-refractivity contribution in [2.24, 2.45) is 28.6 Å². The van der Waals surface area contributed by atoms with Crippen molar-refractivity contribution in [3.63, 3.8) is 0 Å². The molecule has 4 fully saturated rings. The molecule has 1 saturated heterocycles. The molecular formula is C22H35BrO2. The zero-order valence-electron chi connectivity index (χ0n) is 16.1. The molecule has 142 valence electrons. The second kappa shape index (κ2) is 6.95. The third-order valence-electron chi connectivity index (χ3n) is 8.36. The third-order valence-corrected chi connectivity index (χ3v) is 8.81. The highest BCUT2D eigenvalue weighted by Crippen LogP contribution is 2.63. The van der Waals surface area contributed by atoms with E-state index in [9.17, 15) is 0 Å². The van der Waals surface area contributed by atoms with Crippen LogP contribution in [-0.4, -0.2) is 24.3 Å². The maximum Gasteiger partial charge on any atom is 0.160 e. The summed E-state index contributed by atoms with van der Waals surface area (Å²) in [7, 11) is 0. The fourth-order valence-corrected chi connectivity index (χ4v) is 7.43. The molecular weight excluding hydrogens is 376 g/mol. The largest absolute Gasteiger partial charge is 0.352 e. The molecule has 0 N–H and O–H groups in total. The summed E-state index contributed by atoms with van der Waals surface area (Å²) in [5, 5.41) is 1.08. The number of allylic oxidation sites excluding steroid dienone is 1. The maximum absolute atomic E-state index is 6.64. The van der Waals surface area contributed by atoms with Crippen LogP contribution in [-0.2, 0) is 9.47 Å². The Bertz CT molecular complexity index is 514. The van der Waals surface area contributed by atoms with Gasteiger partial charge >= 0.3 is 0 Å². The smallest absolute Gasteiger partial charge is 0.160 e. The van der Waals surface area contributed by atoms with Gasteiger partial charge in [0.05, 0.1) is 12.7 Å². The zero-order chi connectivity index (χ0) is 17.7. The SMILES string of the molecule is C=C1CCC2[C@]3(C)CO[C@@H](C4CCCC4)O[C@@H]3CC[C@@]2(C)[C@@H]1CCBr. The van der Waals surface area contributed by atoms with Crippen LogP contribution in [0.4, 0.5) is 0 Å². The minimum absolute atomic E-state index is 0.0711. The van der Waals surface area contributed by atoms with Crippen molar-refractivity contribution in [1.82, 2.24) is 0 Å². The van der Waals surface area contributed by atoms with E-state index in [1.165, 1.54) is 63.4 Å². The molecule has 0 aromatic heterocycles. The van der Waals surface area contributed by atoms with E-state index in [0.717, 1.165) is 11.9 Å². The van der Waals surface area contributed by atoms with Gasteiger partial charge in [0.15, 0.2) is 6.29 Å². The molecule has 2 nitrogen and oxygen atoms in total. The van der Waals surface area contributed by atoms with Crippen LogP contribution in [0, 0.1) is 28.6 Å². The Kier molecular flexibility index (Phi) is 5.14. The predicted octanol–water partition coefficient (Wildman–Crippen LogP) is 6.09. The van der Waals surface area contributed by atoms with E-state index < -0.39 is 0 Å². The second-order valence-electron chi connectivity index (χ2n) is 9.68. The average Bonchev–Trinajstić information content (AvgIpc) is 3.12. The highest BCUT2D eigenvalue weighted by molar-refractivity contribution is 9.09. The molecule has 3 aliphatic carbocycles. The quantitative estimate of drug-likeness (QED) is 0.413. The first-order chi connectivity index (χ1) is 12.0. The summed E-state index contributed by atoms with van der Waals surface area (Å²) in [6, 6.07) is 0. The average molecular weight is 411 g/mol. The van der Waals surface area contributed by atoms with Crippen LogP contribution < -0.4 is 0 Å². The highest BCUT2D eigenvalue weighted by Gasteiger charge is 2.60. The Morgan fingerprint density at radius 3 is 2.60 bits per heavy atom. The minimum atomic E-state index is 0.0711. The first-order valence-corrected chi connectivity index (χ1v) is 11.6. The molecule has 3 heteroatoms. The Morgan fingerprint density at radius 2 is 1.88 bits per heavy atom. The van der Waals surface area contributed by atoms with E-state index in [1.54, 1.807) is 0 Å². The van der Waals surface area contributed by atoms with Gasteiger partial charge in [-0.05, 0) is 62.2 Å². The van der Waals surface area contributed by atoms with Crippen molar-refractivity contribution in [2.45, 2.75) is 84.0 Å². The Balaban J connectivity index is 1.55. The summed E-state index contributed by atoms with van der Waals surface area (Å²) in [5.74, 6) is 1.99. The van der Waals surface area contributed by atoms with E-state index in [2.05, 4.69) is 36.4 Å². The van der Waals surface area contributed by atoms with Crippen LogP contribution in [0.3, 0.4) is 0 Å². The van der Waals surface area contributed by atoms with Crippen LogP contribution in [0.25, 0.3) is 0 Å². The van der Waals surface area contributed by atoms with Gasteiger partial charge in [0.1, 0.15) is 0 Å². The highest BCUT2D eigenvalue weighted by atomic mass is 79.9. The lowest BCUT2D eigenvalue weighted by atomic mass is 9.46. The molecule has 4 aliphatic rings. The molecule has 1 heterocycles.